The average Bonchev–Trinajstić information content (AvgIpc) is 3.00. The Balaban J connectivity index is 1.85. The second kappa shape index (κ2) is 15.0. The van der Waals surface area contributed by atoms with Gasteiger partial charge in [-0.15, -0.1) is 0 Å². The Morgan fingerprint density at radius 1 is 0.822 bits per heavy atom. The van der Waals surface area contributed by atoms with Crippen LogP contribution < -0.4 is 9.62 Å². The first kappa shape index (κ1) is 34.0. The van der Waals surface area contributed by atoms with Crippen molar-refractivity contribution in [3.8, 4) is 0 Å². The van der Waals surface area contributed by atoms with E-state index in [0.29, 0.717) is 0 Å². The molecule has 236 valence electrons. The molecule has 0 aliphatic rings. The lowest BCUT2D eigenvalue weighted by Crippen LogP contribution is -2.54. The van der Waals surface area contributed by atoms with Crippen LogP contribution in [0, 0.1) is 13.8 Å². The van der Waals surface area contributed by atoms with Gasteiger partial charge in [-0.1, -0.05) is 102 Å². The molecule has 0 aliphatic carbocycles. The Morgan fingerprint density at radius 3 is 2.11 bits per heavy atom. The number of sulfonamides is 1. The standard InChI is InChI=1S/C35H37Cl2N3O4S/c1-24(2)38-35(42)32(21-27-12-6-5-7-13-27)39(22-28-14-9-8-11-26(28)4)33(41)23-40(31-16-10-15-30(36)34(31)37)45(43,44)29-19-17-25(3)18-20-29/h5-20,24,32H,21-23H2,1-4H3,(H,38,42)/t32-/m1/s1. The molecule has 0 radical (unpaired) electrons. The van der Waals surface area contributed by atoms with Gasteiger partial charge >= 0.3 is 0 Å². The van der Waals surface area contributed by atoms with Gasteiger partial charge in [-0.25, -0.2) is 8.42 Å². The van der Waals surface area contributed by atoms with Crippen molar-refractivity contribution in [3.63, 3.8) is 0 Å². The first-order valence-corrected chi connectivity index (χ1v) is 16.8. The number of benzene rings is 4. The molecule has 4 rings (SSSR count). The van der Waals surface area contributed by atoms with E-state index >= 15 is 0 Å². The van der Waals surface area contributed by atoms with E-state index in [1.54, 1.807) is 24.3 Å². The maximum absolute atomic E-state index is 14.6. The van der Waals surface area contributed by atoms with E-state index in [1.165, 1.54) is 23.1 Å². The summed E-state index contributed by atoms with van der Waals surface area (Å²) in [4.78, 5) is 29.8. The van der Waals surface area contributed by atoms with Gasteiger partial charge in [0.25, 0.3) is 10.0 Å². The zero-order valence-corrected chi connectivity index (χ0v) is 28.0. The van der Waals surface area contributed by atoms with Gasteiger partial charge in [0.1, 0.15) is 12.6 Å². The highest BCUT2D eigenvalue weighted by Gasteiger charge is 2.35. The predicted molar refractivity (Wildman–Crippen MR) is 181 cm³/mol. The van der Waals surface area contributed by atoms with E-state index in [4.69, 9.17) is 23.2 Å². The third-order valence-electron chi connectivity index (χ3n) is 7.39. The van der Waals surface area contributed by atoms with Crippen LogP contribution >= 0.6 is 23.2 Å². The van der Waals surface area contributed by atoms with Crippen molar-refractivity contribution in [1.82, 2.24) is 10.2 Å². The predicted octanol–water partition coefficient (Wildman–Crippen LogP) is 6.97. The zero-order chi connectivity index (χ0) is 32.7. The summed E-state index contributed by atoms with van der Waals surface area (Å²) in [5.41, 5.74) is 3.54. The molecular formula is C35H37Cl2N3O4S. The molecule has 0 saturated carbocycles. The van der Waals surface area contributed by atoms with Gasteiger partial charge in [-0.3, -0.25) is 13.9 Å². The molecule has 0 heterocycles. The Morgan fingerprint density at radius 2 is 1.47 bits per heavy atom. The minimum Gasteiger partial charge on any atom is -0.352 e. The molecule has 2 amide bonds. The van der Waals surface area contributed by atoms with E-state index < -0.39 is 28.5 Å². The van der Waals surface area contributed by atoms with Crippen LogP contribution in [0.15, 0.2) is 102 Å². The molecule has 10 heteroatoms. The number of carbonyl (C=O) groups is 2. The molecule has 45 heavy (non-hydrogen) atoms. The molecule has 1 N–H and O–H groups in total. The van der Waals surface area contributed by atoms with E-state index in [9.17, 15) is 18.0 Å². The van der Waals surface area contributed by atoms with Crippen LogP contribution in [-0.2, 0) is 32.6 Å². The Kier molecular flexibility index (Phi) is 11.3. The van der Waals surface area contributed by atoms with E-state index in [2.05, 4.69) is 5.32 Å². The summed E-state index contributed by atoms with van der Waals surface area (Å²) < 4.78 is 29.4. The summed E-state index contributed by atoms with van der Waals surface area (Å²) in [6.07, 6.45) is 0.222. The third-order valence-corrected chi connectivity index (χ3v) is 9.97. The van der Waals surface area contributed by atoms with Gasteiger partial charge in [-0.2, -0.15) is 0 Å². The lowest BCUT2D eigenvalue weighted by Gasteiger charge is -2.34. The topological polar surface area (TPSA) is 86.8 Å². The van der Waals surface area contributed by atoms with Gasteiger partial charge in [0, 0.05) is 19.0 Å². The van der Waals surface area contributed by atoms with E-state index in [-0.39, 0.29) is 45.5 Å². The average molecular weight is 667 g/mol. The van der Waals surface area contributed by atoms with Crippen molar-refractivity contribution in [2.24, 2.45) is 0 Å². The number of amides is 2. The number of halogens is 2. The highest BCUT2D eigenvalue weighted by molar-refractivity contribution is 7.92. The summed E-state index contributed by atoms with van der Waals surface area (Å²) in [6, 6.07) is 26.8. The molecule has 0 aromatic heterocycles. The van der Waals surface area contributed by atoms with Crippen molar-refractivity contribution in [2.45, 2.75) is 57.6 Å². The smallest absolute Gasteiger partial charge is 0.264 e. The van der Waals surface area contributed by atoms with Crippen molar-refractivity contribution >= 4 is 50.7 Å². The van der Waals surface area contributed by atoms with Gasteiger partial charge in [-0.05, 0) is 68.7 Å². The number of nitrogens with zero attached hydrogens (tertiary/aromatic N) is 2. The minimum atomic E-state index is -4.30. The molecule has 4 aromatic carbocycles. The molecule has 0 unspecified atom stereocenters. The van der Waals surface area contributed by atoms with E-state index in [1.807, 2.05) is 82.3 Å². The Bertz CT molecular complexity index is 1750. The summed E-state index contributed by atoms with van der Waals surface area (Å²) >= 11 is 12.9. The highest BCUT2D eigenvalue weighted by atomic mass is 35.5. The largest absolute Gasteiger partial charge is 0.352 e. The number of rotatable bonds is 12. The number of carbonyl (C=O) groups excluding carboxylic acids is 2. The van der Waals surface area contributed by atoms with Crippen molar-refractivity contribution < 1.29 is 18.0 Å². The molecule has 0 saturated heterocycles. The first-order chi connectivity index (χ1) is 21.4. The van der Waals surface area contributed by atoms with Crippen molar-refractivity contribution in [2.75, 3.05) is 10.8 Å². The molecule has 4 aromatic rings. The second-order valence-electron chi connectivity index (χ2n) is 11.2. The summed E-state index contributed by atoms with van der Waals surface area (Å²) in [7, 11) is -4.30. The summed E-state index contributed by atoms with van der Waals surface area (Å²) in [6.45, 7) is 6.94. The van der Waals surface area contributed by atoms with Crippen LogP contribution in [0.2, 0.25) is 10.0 Å². The number of hydrogen-bond acceptors (Lipinski definition) is 4. The van der Waals surface area contributed by atoms with E-state index in [0.717, 1.165) is 26.6 Å². The fourth-order valence-corrected chi connectivity index (χ4v) is 6.82. The van der Waals surface area contributed by atoms with Crippen LogP contribution in [0.5, 0.6) is 0 Å². The number of hydrogen-bond donors (Lipinski definition) is 1. The normalized spacial score (nSPS) is 12.1. The second-order valence-corrected chi connectivity index (χ2v) is 13.9. The molecular weight excluding hydrogens is 629 g/mol. The highest BCUT2D eigenvalue weighted by Crippen LogP contribution is 2.35. The molecule has 0 fully saturated rings. The summed E-state index contributed by atoms with van der Waals surface area (Å²) in [5, 5.41) is 3.09. The third kappa shape index (κ3) is 8.45. The zero-order valence-electron chi connectivity index (χ0n) is 25.7. The van der Waals surface area contributed by atoms with Gasteiger partial charge in [0.2, 0.25) is 11.8 Å². The molecule has 1 atom stereocenters. The fourth-order valence-electron chi connectivity index (χ4n) is 4.94. The SMILES string of the molecule is Cc1ccc(S(=O)(=O)N(CC(=O)N(Cc2ccccc2C)[C@H](Cc2ccccc2)C(=O)NC(C)C)c2cccc(Cl)c2Cl)cc1. The lowest BCUT2D eigenvalue weighted by molar-refractivity contribution is -0.140. The van der Waals surface area contributed by atoms with Crippen molar-refractivity contribution in [1.29, 1.82) is 0 Å². The van der Waals surface area contributed by atoms with Crippen LogP contribution in [0.3, 0.4) is 0 Å². The minimum absolute atomic E-state index is 0.00788. The lowest BCUT2D eigenvalue weighted by atomic mass is 10.0. The van der Waals surface area contributed by atoms with Crippen molar-refractivity contribution in [3.05, 3.63) is 129 Å². The van der Waals surface area contributed by atoms with Gasteiger partial charge in [0.05, 0.1) is 20.6 Å². The van der Waals surface area contributed by atoms with Gasteiger partial charge < -0.3 is 10.2 Å². The van der Waals surface area contributed by atoms with Gasteiger partial charge in [0.15, 0.2) is 0 Å². The number of anilines is 1. The maximum atomic E-state index is 14.6. The quantitative estimate of drug-likeness (QED) is 0.177. The number of aryl methyl sites for hydroxylation is 2. The molecule has 7 nitrogen and oxygen atoms in total. The first-order valence-electron chi connectivity index (χ1n) is 14.6. The van der Waals surface area contributed by atoms with Crippen LogP contribution in [-0.4, -0.2) is 43.8 Å². The Labute approximate surface area is 275 Å². The van der Waals surface area contributed by atoms with Crippen LogP contribution in [0.4, 0.5) is 5.69 Å². The fraction of sp³-hybridized carbons (Fsp3) is 0.257. The molecule has 0 spiro atoms. The Hall–Kier alpha value is -3.85. The maximum Gasteiger partial charge on any atom is 0.264 e. The number of nitrogens with one attached hydrogen (secondary N) is 1. The molecule has 0 bridgehead atoms. The summed E-state index contributed by atoms with van der Waals surface area (Å²) in [5.74, 6) is -0.922. The molecule has 0 aliphatic heterocycles. The van der Waals surface area contributed by atoms with Crippen LogP contribution in [0.25, 0.3) is 0 Å². The monoisotopic (exact) mass is 665 g/mol. The van der Waals surface area contributed by atoms with Crippen LogP contribution in [0.1, 0.15) is 36.1 Å².